The normalized spacial score (nSPS) is 30.2. The Morgan fingerprint density at radius 2 is 2.12 bits per heavy atom. The zero-order chi connectivity index (χ0) is 11.8. The molecule has 0 aromatic rings. The summed E-state index contributed by atoms with van der Waals surface area (Å²) < 4.78 is 30.9. The van der Waals surface area contributed by atoms with E-state index in [1.807, 2.05) is 25.2 Å². The van der Waals surface area contributed by atoms with Crippen molar-refractivity contribution in [2.75, 3.05) is 6.26 Å². The highest BCUT2D eigenvalue weighted by atomic mass is 32.2. The molecule has 90 valence electrons. The van der Waals surface area contributed by atoms with Crippen molar-refractivity contribution in [1.82, 2.24) is 4.72 Å². The quantitative estimate of drug-likeness (QED) is 0.800. The van der Waals surface area contributed by atoms with E-state index in [0.717, 1.165) is 18.4 Å². The topological polar surface area (TPSA) is 55.4 Å². The Morgan fingerprint density at radius 1 is 1.44 bits per heavy atom. The summed E-state index contributed by atoms with van der Waals surface area (Å²) in [7, 11) is -3.20. The lowest BCUT2D eigenvalue weighted by Crippen LogP contribution is -2.44. The zero-order valence-corrected chi connectivity index (χ0v) is 10.3. The number of allylic oxidation sites excluding steroid dienone is 2. The van der Waals surface area contributed by atoms with Crippen molar-refractivity contribution in [3.63, 3.8) is 0 Å². The van der Waals surface area contributed by atoms with Crippen molar-refractivity contribution in [2.24, 2.45) is 0 Å². The summed E-state index contributed by atoms with van der Waals surface area (Å²) in [5, 5.41) is 0. The number of sulfonamides is 1. The third-order valence-electron chi connectivity index (χ3n) is 2.67. The van der Waals surface area contributed by atoms with Crippen LogP contribution < -0.4 is 4.72 Å². The van der Waals surface area contributed by atoms with Crippen LogP contribution in [0.1, 0.15) is 19.8 Å². The molecular formula is C11H17NO3S. The largest absolute Gasteiger partial charge is 0.369 e. The molecule has 2 rings (SSSR count). The summed E-state index contributed by atoms with van der Waals surface area (Å²) in [4.78, 5) is 0. The summed E-state index contributed by atoms with van der Waals surface area (Å²) in [6.07, 6.45) is 9.15. The molecule has 1 saturated carbocycles. The van der Waals surface area contributed by atoms with Gasteiger partial charge in [0, 0.05) is 0 Å². The lowest BCUT2D eigenvalue weighted by molar-refractivity contribution is 0.0519. The smallest absolute Gasteiger partial charge is 0.209 e. The van der Waals surface area contributed by atoms with Gasteiger partial charge in [0.05, 0.1) is 24.5 Å². The molecule has 1 fully saturated rings. The molecule has 1 N–H and O–H groups in total. The predicted octanol–water partition coefficient (Wildman–Crippen LogP) is 0.968. The Hall–Kier alpha value is -0.650. The van der Waals surface area contributed by atoms with Gasteiger partial charge in [-0.3, -0.25) is 0 Å². The average Bonchev–Trinajstić information content (AvgIpc) is 2.92. The van der Waals surface area contributed by atoms with Crippen LogP contribution in [0.2, 0.25) is 0 Å². The van der Waals surface area contributed by atoms with Crippen LogP contribution in [-0.2, 0) is 14.8 Å². The molecule has 2 aliphatic carbocycles. The van der Waals surface area contributed by atoms with E-state index < -0.39 is 10.0 Å². The highest BCUT2D eigenvalue weighted by Crippen LogP contribution is 2.29. The van der Waals surface area contributed by atoms with Crippen molar-refractivity contribution in [3.05, 3.63) is 23.8 Å². The molecule has 0 spiro atoms. The van der Waals surface area contributed by atoms with E-state index in [9.17, 15) is 8.42 Å². The van der Waals surface area contributed by atoms with E-state index in [1.165, 1.54) is 6.26 Å². The van der Waals surface area contributed by atoms with Crippen LogP contribution in [0.3, 0.4) is 0 Å². The van der Waals surface area contributed by atoms with Gasteiger partial charge in [-0.05, 0) is 25.3 Å². The van der Waals surface area contributed by atoms with Gasteiger partial charge in [0.15, 0.2) is 0 Å². The molecule has 0 aliphatic heterocycles. The van der Waals surface area contributed by atoms with Gasteiger partial charge in [0.25, 0.3) is 0 Å². The molecule has 0 saturated heterocycles. The van der Waals surface area contributed by atoms with Gasteiger partial charge in [0.1, 0.15) is 0 Å². The van der Waals surface area contributed by atoms with Crippen LogP contribution in [0, 0.1) is 0 Å². The Balaban J connectivity index is 2.08. The fourth-order valence-electron chi connectivity index (χ4n) is 1.76. The van der Waals surface area contributed by atoms with E-state index in [1.54, 1.807) is 0 Å². The first-order valence-electron chi connectivity index (χ1n) is 5.43. The first-order valence-corrected chi connectivity index (χ1v) is 7.32. The first-order chi connectivity index (χ1) is 7.46. The Morgan fingerprint density at radius 3 is 2.69 bits per heavy atom. The van der Waals surface area contributed by atoms with E-state index >= 15 is 0 Å². The highest BCUT2D eigenvalue weighted by Gasteiger charge is 2.32. The molecule has 0 bridgehead atoms. The lowest BCUT2D eigenvalue weighted by Gasteiger charge is -2.28. The van der Waals surface area contributed by atoms with E-state index in [-0.39, 0.29) is 12.1 Å². The second kappa shape index (κ2) is 4.31. The van der Waals surface area contributed by atoms with Crippen molar-refractivity contribution in [3.8, 4) is 0 Å². The summed E-state index contributed by atoms with van der Waals surface area (Å²) in [5.41, 5.74) is 1.07. The van der Waals surface area contributed by atoms with Crippen LogP contribution in [0.4, 0.5) is 0 Å². The maximum Gasteiger partial charge on any atom is 0.209 e. The second-order valence-electron chi connectivity index (χ2n) is 4.47. The molecule has 2 atom stereocenters. The second-order valence-corrected chi connectivity index (χ2v) is 6.25. The Labute approximate surface area is 96.4 Å². The molecule has 2 unspecified atom stereocenters. The van der Waals surface area contributed by atoms with Gasteiger partial charge in [-0.15, -0.1) is 0 Å². The monoisotopic (exact) mass is 243 g/mol. The van der Waals surface area contributed by atoms with Crippen molar-refractivity contribution in [1.29, 1.82) is 0 Å². The summed E-state index contributed by atoms with van der Waals surface area (Å²) >= 11 is 0. The summed E-state index contributed by atoms with van der Waals surface area (Å²) in [6.45, 7) is 1.97. The molecule has 4 nitrogen and oxygen atoms in total. The van der Waals surface area contributed by atoms with Crippen LogP contribution in [0.15, 0.2) is 23.8 Å². The number of hydrogen-bond donors (Lipinski definition) is 1. The number of rotatable bonds is 4. The minimum absolute atomic E-state index is 0.160. The molecule has 0 radical (unpaired) electrons. The van der Waals surface area contributed by atoms with Crippen LogP contribution >= 0.6 is 0 Å². The third kappa shape index (κ3) is 3.17. The molecule has 0 aromatic heterocycles. The number of nitrogens with one attached hydrogen (secondary N) is 1. The van der Waals surface area contributed by atoms with E-state index in [2.05, 4.69) is 4.72 Å². The molecule has 0 aromatic carbocycles. The fraction of sp³-hybridized carbons (Fsp3) is 0.636. The van der Waals surface area contributed by atoms with E-state index in [4.69, 9.17) is 4.74 Å². The maximum atomic E-state index is 11.2. The number of ether oxygens (including phenoxy) is 1. The van der Waals surface area contributed by atoms with Crippen LogP contribution in [0.5, 0.6) is 0 Å². The van der Waals surface area contributed by atoms with Crippen LogP contribution in [-0.4, -0.2) is 32.9 Å². The predicted molar refractivity (Wildman–Crippen MR) is 62.6 cm³/mol. The fourth-order valence-corrected chi connectivity index (χ4v) is 2.45. The zero-order valence-electron chi connectivity index (χ0n) is 9.51. The van der Waals surface area contributed by atoms with Gasteiger partial charge in [-0.2, -0.15) is 0 Å². The minimum atomic E-state index is -3.20. The first kappa shape index (κ1) is 11.8. The SMILES string of the molecule is CC1=CC=CC(NS(C)(=O)=O)C1OC1CC1. The molecule has 2 aliphatic rings. The molecular weight excluding hydrogens is 226 g/mol. The molecule has 16 heavy (non-hydrogen) atoms. The van der Waals surface area contributed by atoms with Crippen molar-refractivity contribution in [2.45, 2.75) is 38.0 Å². The molecule has 5 heteroatoms. The lowest BCUT2D eigenvalue weighted by atomic mass is 9.99. The van der Waals surface area contributed by atoms with Gasteiger partial charge in [0.2, 0.25) is 10.0 Å². The standard InChI is InChI=1S/C11H17NO3S/c1-8-4-3-5-10(12-16(2,13)14)11(8)15-9-6-7-9/h3-5,9-12H,6-7H2,1-2H3. The molecule has 0 amide bonds. The van der Waals surface area contributed by atoms with E-state index in [0.29, 0.717) is 6.10 Å². The highest BCUT2D eigenvalue weighted by molar-refractivity contribution is 7.88. The van der Waals surface area contributed by atoms with Gasteiger partial charge in [-0.25, -0.2) is 13.1 Å². The Kier molecular flexibility index (Phi) is 3.19. The third-order valence-corrected chi connectivity index (χ3v) is 3.37. The summed E-state index contributed by atoms with van der Waals surface area (Å²) in [6, 6.07) is -0.277. The average molecular weight is 243 g/mol. The number of hydrogen-bond acceptors (Lipinski definition) is 3. The van der Waals surface area contributed by atoms with Gasteiger partial charge in [-0.1, -0.05) is 18.2 Å². The van der Waals surface area contributed by atoms with Crippen molar-refractivity contribution >= 4 is 10.0 Å². The molecule has 0 heterocycles. The summed E-state index contributed by atoms with van der Waals surface area (Å²) in [5.74, 6) is 0. The minimum Gasteiger partial charge on any atom is -0.369 e. The maximum absolute atomic E-state index is 11.2. The van der Waals surface area contributed by atoms with Gasteiger partial charge >= 0.3 is 0 Å². The van der Waals surface area contributed by atoms with Crippen molar-refractivity contribution < 1.29 is 13.2 Å². The Bertz CT molecular complexity index is 421. The van der Waals surface area contributed by atoms with Crippen LogP contribution in [0.25, 0.3) is 0 Å². The van der Waals surface area contributed by atoms with Gasteiger partial charge < -0.3 is 4.74 Å².